The van der Waals surface area contributed by atoms with E-state index < -0.39 is 0 Å². The van der Waals surface area contributed by atoms with Gasteiger partial charge in [0, 0.05) is 13.7 Å². The summed E-state index contributed by atoms with van der Waals surface area (Å²) >= 11 is 0. The first kappa shape index (κ1) is 11.2. The fourth-order valence-corrected chi connectivity index (χ4v) is 0.868. The summed E-state index contributed by atoms with van der Waals surface area (Å²) in [7, 11) is 1.57. The number of nitrogens with two attached hydrogens (primary N) is 1. The number of amides is 1. The van der Waals surface area contributed by atoms with Crippen LogP contribution in [0.15, 0.2) is 0 Å². The summed E-state index contributed by atoms with van der Waals surface area (Å²) in [5.74, 6) is 0.349. The number of H-pyrrole nitrogens is 1. The molecule has 15 heavy (non-hydrogen) atoms. The van der Waals surface area contributed by atoms with E-state index in [0.717, 1.165) is 0 Å². The zero-order chi connectivity index (χ0) is 11.1. The summed E-state index contributed by atoms with van der Waals surface area (Å²) in [5, 5.41) is 11.5. The molecule has 1 amide bonds. The lowest BCUT2D eigenvalue weighted by Gasteiger charge is -2.04. The molecular weight excluding hydrogens is 200 g/mol. The van der Waals surface area contributed by atoms with Gasteiger partial charge in [0.2, 0.25) is 17.8 Å². The van der Waals surface area contributed by atoms with Gasteiger partial charge in [0.15, 0.2) is 0 Å². The van der Waals surface area contributed by atoms with E-state index in [1.807, 2.05) is 0 Å². The number of nitrogens with one attached hydrogen (secondary N) is 3. The van der Waals surface area contributed by atoms with Crippen LogP contribution >= 0.6 is 0 Å². The highest BCUT2D eigenvalue weighted by Gasteiger charge is 2.03. The molecular formula is C7H14N6O2. The van der Waals surface area contributed by atoms with Crippen LogP contribution in [0.5, 0.6) is 0 Å². The third kappa shape index (κ3) is 4.27. The van der Waals surface area contributed by atoms with Gasteiger partial charge < -0.3 is 21.1 Å². The molecule has 0 aliphatic rings. The van der Waals surface area contributed by atoms with Gasteiger partial charge >= 0.3 is 0 Å². The van der Waals surface area contributed by atoms with Gasteiger partial charge in [-0.25, -0.2) is 5.10 Å². The SMILES string of the molecule is COCCNC(=O)CNc1n[nH]c(N)n1. The lowest BCUT2D eigenvalue weighted by Crippen LogP contribution is -2.32. The minimum atomic E-state index is -0.157. The Balaban J connectivity index is 2.16. The molecule has 0 aromatic carbocycles. The summed E-state index contributed by atoms with van der Waals surface area (Å²) in [6.45, 7) is 1.06. The van der Waals surface area contributed by atoms with E-state index in [1.54, 1.807) is 7.11 Å². The topological polar surface area (TPSA) is 118 Å². The van der Waals surface area contributed by atoms with Gasteiger partial charge in [-0.15, -0.1) is 5.10 Å². The van der Waals surface area contributed by atoms with Crippen LogP contribution in [-0.2, 0) is 9.53 Å². The molecule has 1 aromatic heterocycles. The number of hydrogen-bond donors (Lipinski definition) is 4. The number of aromatic nitrogens is 3. The van der Waals surface area contributed by atoms with Crippen molar-refractivity contribution in [2.24, 2.45) is 0 Å². The second-order valence-corrected chi connectivity index (χ2v) is 2.74. The van der Waals surface area contributed by atoms with Crippen LogP contribution in [0.1, 0.15) is 0 Å². The van der Waals surface area contributed by atoms with Crippen LogP contribution in [0, 0.1) is 0 Å². The van der Waals surface area contributed by atoms with Gasteiger partial charge in [-0.3, -0.25) is 4.79 Å². The Morgan fingerprint density at radius 2 is 2.47 bits per heavy atom. The molecule has 0 spiro atoms. The Morgan fingerprint density at radius 1 is 1.67 bits per heavy atom. The van der Waals surface area contributed by atoms with Gasteiger partial charge in [-0.2, -0.15) is 4.98 Å². The number of hydrogen-bond acceptors (Lipinski definition) is 6. The van der Waals surface area contributed by atoms with Crippen LogP contribution in [0.25, 0.3) is 0 Å². The summed E-state index contributed by atoms with van der Waals surface area (Å²) in [5.41, 5.74) is 5.30. The molecule has 0 bridgehead atoms. The minimum Gasteiger partial charge on any atom is -0.383 e. The second kappa shape index (κ2) is 5.81. The van der Waals surface area contributed by atoms with E-state index >= 15 is 0 Å². The number of carbonyl (C=O) groups is 1. The van der Waals surface area contributed by atoms with Gasteiger partial charge in [0.05, 0.1) is 13.2 Å². The Bertz CT molecular complexity index is 312. The first-order valence-electron chi connectivity index (χ1n) is 4.39. The molecule has 5 N–H and O–H groups in total. The average molecular weight is 214 g/mol. The smallest absolute Gasteiger partial charge is 0.244 e. The molecule has 8 heteroatoms. The van der Waals surface area contributed by atoms with Crippen LogP contribution in [-0.4, -0.2) is 47.9 Å². The monoisotopic (exact) mass is 214 g/mol. The van der Waals surface area contributed by atoms with Crippen molar-refractivity contribution in [1.29, 1.82) is 0 Å². The van der Waals surface area contributed by atoms with Gasteiger partial charge in [0.1, 0.15) is 0 Å². The van der Waals surface area contributed by atoms with Crippen LogP contribution in [0.4, 0.5) is 11.9 Å². The lowest BCUT2D eigenvalue weighted by atomic mass is 10.5. The minimum absolute atomic E-state index is 0.0982. The normalized spacial score (nSPS) is 9.93. The predicted molar refractivity (Wildman–Crippen MR) is 54.2 cm³/mol. The zero-order valence-electron chi connectivity index (χ0n) is 8.41. The molecule has 1 aromatic rings. The molecule has 0 radical (unpaired) electrons. The Morgan fingerprint density at radius 3 is 3.07 bits per heavy atom. The fourth-order valence-electron chi connectivity index (χ4n) is 0.868. The van der Waals surface area contributed by atoms with Crippen LogP contribution in [0.2, 0.25) is 0 Å². The molecule has 0 saturated carbocycles. The van der Waals surface area contributed by atoms with Crippen molar-refractivity contribution < 1.29 is 9.53 Å². The van der Waals surface area contributed by atoms with Gasteiger partial charge in [-0.05, 0) is 0 Å². The zero-order valence-corrected chi connectivity index (χ0v) is 8.41. The van der Waals surface area contributed by atoms with Crippen molar-refractivity contribution in [1.82, 2.24) is 20.5 Å². The summed E-state index contributed by atoms with van der Waals surface area (Å²) < 4.78 is 4.78. The number of carbonyl (C=O) groups excluding carboxylic acids is 1. The second-order valence-electron chi connectivity index (χ2n) is 2.74. The highest BCUT2D eigenvalue weighted by molar-refractivity contribution is 5.80. The molecule has 8 nitrogen and oxygen atoms in total. The number of aromatic amines is 1. The Kier molecular flexibility index (Phi) is 4.35. The van der Waals surface area contributed by atoms with E-state index in [4.69, 9.17) is 10.5 Å². The number of nitrogens with zero attached hydrogens (tertiary/aromatic N) is 2. The van der Waals surface area contributed by atoms with Crippen molar-refractivity contribution in [2.75, 3.05) is 37.9 Å². The van der Waals surface area contributed by atoms with Crippen molar-refractivity contribution >= 4 is 17.8 Å². The molecule has 1 heterocycles. The first-order valence-corrected chi connectivity index (χ1v) is 4.39. The van der Waals surface area contributed by atoms with E-state index in [-0.39, 0.29) is 18.4 Å². The average Bonchev–Trinajstić information content (AvgIpc) is 2.62. The van der Waals surface area contributed by atoms with Gasteiger partial charge in [0.25, 0.3) is 0 Å². The van der Waals surface area contributed by atoms with Gasteiger partial charge in [-0.1, -0.05) is 0 Å². The van der Waals surface area contributed by atoms with E-state index in [2.05, 4.69) is 25.8 Å². The molecule has 0 atom stereocenters. The molecule has 0 fully saturated rings. The van der Waals surface area contributed by atoms with E-state index in [9.17, 15) is 4.79 Å². The number of ether oxygens (including phenoxy) is 1. The highest BCUT2D eigenvalue weighted by Crippen LogP contribution is 1.96. The Labute approximate surface area is 86.6 Å². The quantitative estimate of drug-likeness (QED) is 0.431. The third-order valence-corrected chi connectivity index (χ3v) is 1.54. The standard InChI is InChI=1S/C7H14N6O2/c1-15-3-2-9-5(14)4-10-7-11-6(8)12-13-7/h2-4H2,1H3,(H,9,14)(H4,8,10,11,12,13). The number of anilines is 2. The molecule has 0 aliphatic carbocycles. The molecule has 1 rings (SSSR count). The molecule has 0 saturated heterocycles. The number of methoxy groups -OCH3 is 1. The number of rotatable bonds is 6. The summed E-state index contributed by atoms with van der Waals surface area (Å²) in [4.78, 5) is 14.9. The third-order valence-electron chi connectivity index (χ3n) is 1.54. The predicted octanol–water partition coefficient (Wildman–Crippen LogP) is -1.44. The number of nitrogen functional groups attached to an aromatic ring is 1. The van der Waals surface area contributed by atoms with Crippen molar-refractivity contribution in [3.05, 3.63) is 0 Å². The largest absolute Gasteiger partial charge is 0.383 e. The highest BCUT2D eigenvalue weighted by atomic mass is 16.5. The maximum Gasteiger partial charge on any atom is 0.244 e. The van der Waals surface area contributed by atoms with Crippen LogP contribution in [0.3, 0.4) is 0 Å². The van der Waals surface area contributed by atoms with Crippen LogP contribution < -0.4 is 16.4 Å². The van der Waals surface area contributed by atoms with E-state index in [0.29, 0.717) is 19.1 Å². The maximum atomic E-state index is 11.2. The molecule has 0 aliphatic heterocycles. The van der Waals surface area contributed by atoms with Crippen molar-refractivity contribution in [3.8, 4) is 0 Å². The molecule has 0 unspecified atom stereocenters. The lowest BCUT2D eigenvalue weighted by molar-refractivity contribution is -0.119. The van der Waals surface area contributed by atoms with Crippen molar-refractivity contribution in [3.63, 3.8) is 0 Å². The fraction of sp³-hybridized carbons (Fsp3) is 0.571. The maximum absolute atomic E-state index is 11.2. The van der Waals surface area contributed by atoms with E-state index in [1.165, 1.54) is 0 Å². The summed E-state index contributed by atoms with van der Waals surface area (Å²) in [6.07, 6.45) is 0. The van der Waals surface area contributed by atoms with Crippen molar-refractivity contribution in [2.45, 2.75) is 0 Å². The molecule has 84 valence electrons. The Hall–Kier alpha value is -1.83. The summed E-state index contributed by atoms with van der Waals surface area (Å²) in [6, 6.07) is 0. The first-order chi connectivity index (χ1) is 7.22.